The molecule has 1 atom stereocenters. The number of ether oxygens (including phenoxy) is 1. The minimum absolute atomic E-state index is 0.137. The Kier molecular flexibility index (Phi) is 4.71. The van der Waals surface area contributed by atoms with Crippen molar-refractivity contribution in [2.45, 2.75) is 19.4 Å². The second-order valence-corrected chi connectivity index (χ2v) is 5.93. The lowest BCUT2D eigenvalue weighted by atomic mass is 10.1. The van der Waals surface area contributed by atoms with Crippen LogP contribution in [-0.2, 0) is 11.2 Å². The number of hydrogen-bond acceptors (Lipinski definition) is 3. The zero-order valence-corrected chi connectivity index (χ0v) is 13.9. The molecule has 6 heteroatoms. The fourth-order valence-corrected chi connectivity index (χ4v) is 2.75. The van der Waals surface area contributed by atoms with E-state index in [1.54, 1.807) is 36.4 Å². The van der Waals surface area contributed by atoms with E-state index in [-0.39, 0.29) is 11.8 Å². The molecule has 5 nitrogen and oxygen atoms in total. The van der Waals surface area contributed by atoms with E-state index in [2.05, 4.69) is 10.6 Å². The average Bonchev–Trinajstić information content (AvgIpc) is 2.99. The van der Waals surface area contributed by atoms with Crippen molar-refractivity contribution < 1.29 is 14.3 Å². The largest absolute Gasteiger partial charge is 0.480 e. The lowest BCUT2D eigenvalue weighted by Gasteiger charge is -2.11. The lowest BCUT2D eigenvalue weighted by molar-refractivity contribution is -0.122. The van der Waals surface area contributed by atoms with Gasteiger partial charge in [0.05, 0.1) is 0 Å². The SMILES string of the molecule is CCNC(=O)c1ccc(NC(=O)C2Cc3cc(Cl)ccc3O2)cc1. The van der Waals surface area contributed by atoms with Gasteiger partial charge in [0.2, 0.25) is 0 Å². The highest BCUT2D eigenvalue weighted by molar-refractivity contribution is 6.30. The molecule has 24 heavy (non-hydrogen) atoms. The summed E-state index contributed by atoms with van der Waals surface area (Å²) < 4.78 is 5.66. The van der Waals surface area contributed by atoms with Gasteiger partial charge in [-0.05, 0) is 55.0 Å². The molecule has 0 bridgehead atoms. The van der Waals surface area contributed by atoms with Crippen molar-refractivity contribution in [3.63, 3.8) is 0 Å². The standard InChI is InChI=1S/C18H17ClN2O3/c1-2-20-17(22)11-3-6-14(7-4-11)21-18(23)16-10-12-9-13(19)5-8-15(12)24-16/h3-9,16H,2,10H2,1H3,(H,20,22)(H,21,23). The predicted molar refractivity (Wildman–Crippen MR) is 92.7 cm³/mol. The highest BCUT2D eigenvalue weighted by Crippen LogP contribution is 2.31. The summed E-state index contributed by atoms with van der Waals surface area (Å²) >= 11 is 5.95. The molecule has 3 rings (SSSR count). The molecule has 2 amide bonds. The van der Waals surface area contributed by atoms with Crippen LogP contribution in [0, 0.1) is 0 Å². The summed E-state index contributed by atoms with van der Waals surface area (Å²) in [6.07, 6.45) is -0.0971. The van der Waals surface area contributed by atoms with E-state index in [4.69, 9.17) is 16.3 Å². The highest BCUT2D eigenvalue weighted by Gasteiger charge is 2.29. The highest BCUT2D eigenvalue weighted by atomic mass is 35.5. The molecule has 0 aliphatic carbocycles. The maximum Gasteiger partial charge on any atom is 0.265 e. The van der Waals surface area contributed by atoms with Crippen LogP contribution in [0.15, 0.2) is 42.5 Å². The smallest absolute Gasteiger partial charge is 0.265 e. The van der Waals surface area contributed by atoms with Crippen LogP contribution in [0.2, 0.25) is 5.02 Å². The molecule has 1 aliphatic rings. The molecule has 1 aliphatic heterocycles. The number of carbonyl (C=O) groups excluding carboxylic acids is 2. The van der Waals surface area contributed by atoms with Crippen LogP contribution >= 0.6 is 11.6 Å². The van der Waals surface area contributed by atoms with Gasteiger partial charge < -0.3 is 15.4 Å². The van der Waals surface area contributed by atoms with E-state index in [0.29, 0.717) is 35.0 Å². The van der Waals surface area contributed by atoms with Gasteiger partial charge in [-0.15, -0.1) is 0 Å². The number of hydrogen-bond donors (Lipinski definition) is 2. The predicted octanol–water partition coefficient (Wildman–Crippen LogP) is 3.03. The summed E-state index contributed by atoms with van der Waals surface area (Å²) in [6.45, 7) is 2.43. The van der Waals surface area contributed by atoms with Crippen LogP contribution in [0.3, 0.4) is 0 Å². The minimum Gasteiger partial charge on any atom is -0.480 e. The van der Waals surface area contributed by atoms with Crippen LogP contribution in [-0.4, -0.2) is 24.5 Å². The summed E-state index contributed by atoms with van der Waals surface area (Å²) in [5, 5.41) is 6.15. The number of anilines is 1. The third-order valence-electron chi connectivity index (χ3n) is 3.74. The van der Waals surface area contributed by atoms with Gasteiger partial charge in [0, 0.05) is 29.2 Å². The van der Waals surface area contributed by atoms with Crippen molar-refractivity contribution in [3.05, 3.63) is 58.6 Å². The molecule has 124 valence electrons. The molecule has 0 spiro atoms. The van der Waals surface area contributed by atoms with Crippen LogP contribution in [0.4, 0.5) is 5.69 Å². The molecule has 2 aromatic rings. The van der Waals surface area contributed by atoms with Crippen molar-refractivity contribution in [1.29, 1.82) is 0 Å². The first-order valence-electron chi connectivity index (χ1n) is 7.71. The molecule has 0 saturated heterocycles. The Labute approximate surface area is 145 Å². The summed E-state index contributed by atoms with van der Waals surface area (Å²) in [5.41, 5.74) is 2.09. The molecule has 0 saturated carbocycles. The number of carbonyl (C=O) groups is 2. The van der Waals surface area contributed by atoms with E-state index in [9.17, 15) is 9.59 Å². The fourth-order valence-electron chi connectivity index (χ4n) is 2.55. The van der Waals surface area contributed by atoms with Gasteiger partial charge >= 0.3 is 0 Å². The van der Waals surface area contributed by atoms with Gasteiger partial charge in [-0.2, -0.15) is 0 Å². The first kappa shape index (κ1) is 16.3. The quantitative estimate of drug-likeness (QED) is 0.895. The molecule has 1 heterocycles. The molecule has 2 aromatic carbocycles. The molecule has 0 fully saturated rings. The van der Waals surface area contributed by atoms with Crippen molar-refractivity contribution in [1.82, 2.24) is 5.32 Å². The van der Waals surface area contributed by atoms with Crippen LogP contribution in [0.25, 0.3) is 0 Å². The number of rotatable bonds is 4. The summed E-state index contributed by atoms with van der Waals surface area (Å²) in [7, 11) is 0. The number of halogens is 1. The molecular formula is C18H17ClN2O3. The van der Waals surface area contributed by atoms with Gasteiger partial charge in [-0.3, -0.25) is 9.59 Å². The molecule has 0 aromatic heterocycles. The molecule has 1 unspecified atom stereocenters. The van der Waals surface area contributed by atoms with E-state index < -0.39 is 6.10 Å². The third-order valence-corrected chi connectivity index (χ3v) is 3.98. The van der Waals surface area contributed by atoms with Gasteiger partial charge in [-0.1, -0.05) is 11.6 Å². The van der Waals surface area contributed by atoms with Crippen LogP contribution in [0.5, 0.6) is 5.75 Å². The van der Waals surface area contributed by atoms with Crippen molar-refractivity contribution in [3.8, 4) is 5.75 Å². The summed E-state index contributed by atoms with van der Waals surface area (Å²) in [4.78, 5) is 24.1. The summed E-state index contributed by atoms with van der Waals surface area (Å²) in [5.74, 6) is 0.320. The first-order chi connectivity index (χ1) is 11.6. The second-order valence-electron chi connectivity index (χ2n) is 5.49. The van der Waals surface area contributed by atoms with Crippen molar-refractivity contribution >= 4 is 29.1 Å². The fraction of sp³-hybridized carbons (Fsp3) is 0.222. The molecule has 0 radical (unpaired) electrons. The number of benzene rings is 2. The maximum absolute atomic E-state index is 12.3. The number of fused-ring (bicyclic) bond motifs is 1. The Morgan fingerprint density at radius 3 is 2.67 bits per heavy atom. The van der Waals surface area contributed by atoms with E-state index >= 15 is 0 Å². The first-order valence-corrected chi connectivity index (χ1v) is 8.09. The Bertz CT molecular complexity index is 774. The Morgan fingerprint density at radius 2 is 1.96 bits per heavy atom. The monoisotopic (exact) mass is 344 g/mol. The van der Waals surface area contributed by atoms with Gasteiger partial charge in [-0.25, -0.2) is 0 Å². The topological polar surface area (TPSA) is 67.4 Å². The minimum atomic E-state index is -0.582. The summed E-state index contributed by atoms with van der Waals surface area (Å²) in [6, 6.07) is 12.1. The van der Waals surface area contributed by atoms with Crippen molar-refractivity contribution in [2.75, 3.05) is 11.9 Å². The van der Waals surface area contributed by atoms with E-state index in [0.717, 1.165) is 5.56 Å². The maximum atomic E-state index is 12.3. The van der Waals surface area contributed by atoms with Crippen LogP contribution < -0.4 is 15.4 Å². The average molecular weight is 345 g/mol. The Morgan fingerprint density at radius 1 is 1.21 bits per heavy atom. The number of amides is 2. The molecule has 2 N–H and O–H groups in total. The third kappa shape index (κ3) is 3.51. The lowest BCUT2D eigenvalue weighted by Crippen LogP contribution is -2.31. The molecular weight excluding hydrogens is 328 g/mol. The van der Waals surface area contributed by atoms with E-state index in [1.165, 1.54) is 0 Å². The van der Waals surface area contributed by atoms with Crippen LogP contribution in [0.1, 0.15) is 22.8 Å². The Balaban J connectivity index is 1.63. The van der Waals surface area contributed by atoms with Gasteiger partial charge in [0.1, 0.15) is 5.75 Å². The second kappa shape index (κ2) is 6.93. The zero-order valence-electron chi connectivity index (χ0n) is 13.1. The number of nitrogens with one attached hydrogen (secondary N) is 2. The van der Waals surface area contributed by atoms with E-state index in [1.807, 2.05) is 13.0 Å². The van der Waals surface area contributed by atoms with Gasteiger partial charge in [0.25, 0.3) is 11.8 Å². The van der Waals surface area contributed by atoms with Gasteiger partial charge in [0.15, 0.2) is 6.10 Å². The Hall–Kier alpha value is -2.53. The van der Waals surface area contributed by atoms with Crippen molar-refractivity contribution in [2.24, 2.45) is 0 Å². The normalized spacial score (nSPS) is 15.3. The zero-order chi connectivity index (χ0) is 17.1.